The molecule has 1 aromatic rings. The highest BCUT2D eigenvalue weighted by Gasteiger charge is 2.46. The Morgan fingerprint density at radius 1 is 1.04 bits per heavy atom. The number of guanidine groups is 1. The number of aliphatic imine (C=N–C) groups is 1. The fraction of sp³-hybridized carbons (Fsp3) is 0.652. The van der Waals surface area contributed by atoms with Gasteiger partial charge in [-0.3, -0.25) is 19.9 Å². The van der Waals surface area contributed by atoms with E-state index in [9.17, 15) is 15.0 Å². The van der Waals surface area contributed by atoms with Gasteiger partial charge in [0.2, 0.25) is 0 Å². The molecule has 0 saturated carbocycles. The molecule has 23 heteroatoms. The molecular formula is C23H42N12O11. The average molecular weight is 663 g/mol. The molecular weight excluding hydrogens is 620 g/mol. The molecule has 0 aliphatic carbocycles. The van der Waals surface area contributed by atoms with Gasteiger partial charge in [-0.15, -0.1) is 0 Å². The summed E-state index contributed by atoms with van der Waals surface area (Å²) in [6.07, 6.45) is -5.30. The summed E-state index contributed by atoms with van der Waals surface area (Å²) < 4.78 is 24.1. The Morgan fingerprint density at radius 2 is 1.65 bits per heavy atom. The third kappa shape index (κ3) is 9.04. The number of nitrogen functional groups attached to an aromatic ring is 1. The van der Waals surface area contributed by atoms with Gasteiger partial charge in [-0.2, -0.15) is 14.9 Å². The summed E-state index contributed by atoms with van der Waals surface area (Å²) in [5, 5.41) is 37.1. The number of nitrogens with zero attached hydrogens (tertiary/aromatic N) is 3. The molecule has 0 aromatic carbocycles. The van der Waals surface area contributed by atoms with Crippen LogP contribution in [0.2, 0.25) is 0 Å². The summed E-state index contributed by atoms with van der Waals surface area (Å²) >= 11 is 0. The highest BCUT2D eigenvalue weighted by molar-refractivity contribution is 5.94. The third-order valence-electron chi connectivity index (χ3n) is 6.95. The molecule has 23 nitrogen and oxygen atoms in total. The number of nitrogens with one attached hydrogen (secondary N) is 7. The number of rotatable bonds is 19. The molecule has 2 aliphatic heterocycles. The maximum atomic E-state index is 11.5. The zero-order valence-electron chi connectivity index (χ0n) is 25.8. The van der Waals surface area contributed by atoms with Crippen LogP contribution in [0.15, 0.2) is 22.8 Å². The van der Waals surface area contributed by atoms with Gasteiger partial charge in [0.05, 0.1) is 19.5 Å². The van der Waals surface area contributed by atoms with Crippen molar-refractivity contribution < 1.29 is 53.5 Å². The number of carbonyl (C=O) groups is 1. The first kappa shape index (κ1) is 36.9. The first-order chi connectivity index (χ1) is 22.1. The number of imidazole rings is 1. The largest absolute Gasteiger partial charge is 0.387 e. The van der Waals surface area contributed by atoms with Gasteiger partial charge in [-0.05, 0) is 12.6 Å². The molecule has 13 N–H and O–H groups in total. The van der Waals surface area contributed by atoms with E-state index in [1.165, 1.54) is 27.6 Å². The molecule has 0 radical (unpaired) electrons. The number of amidine groups is 1. The van der Waals surface area contributed by atoms with Crippen molar-refractivity contribution in [3.8, 4) is 0 Å². The van der Waals surface area contributed by atoms with Gasteiger partial charge in [0.25, 0.3) is 0 Å². The predicted octanol–water partition coefficient (Wildman–Crippen LogP) is -5.11. The van der Waals surface area contributed by atoms with Crippen LogP contribution >= 0.6 is 0 Å². The van der Waals surface area contributed by atoms with Crippen LogP contribution in [0.1, 0.15) is 17.6 Å². The lowest BCUT2D eigenvalue weighted by atomic mass is 10.1. The van der Waals surface area contributed by atoms with Crippen LogP contribution in [0.4, 0.5) is 0 Å². The first-order valence-electron chi connectivity index (χ1n) is 13.7. The minimum absolute atomic E-state index is 0.0177. The Hall–Kier alpha value is -3.56. The highest BCUT2D eigenvalue weighted by atomic mass is 17.1. The van der Waals surface area contributed by atoms with Gasteiger partial charge < -0.3 is 61.1 Å². The molecule has 46 heavy (non-hydrogen) atoms. The zero-order valence-corrected chi connectivity index (χ0v) is 25.8. The lowest BCUT2D eigenvalue weighted by Crippen LogP contribution is -2.43. The topological polar surface area (TPSA) is 310 Å². The normalized spacial score (nSPS) is 28.6. The van der Waals surface area contributed by atoms with E-state index in [-0.39, 0.29) is 36.5 Å². The highest BCUT2D eigenvalue weighted by Crippen LogP contribution is 2.33. The molecule has 8 unspecified atom stereocenters. The van der Waals surface area contributed by atoms with Crippen LogP contribution in [0.25, 0.3) is 0 Å². The number of nitrogens with two attached hydrogens (primary N) is 2. The Kier molecular flexibility index (Phi) is 14.4. The van der Waals surface area contributed by atoms with Crippen molar-refractivity contribution in [1.29, 1.82) is 5.41 Å². The molecule has 3 heterocycles. The summed E-state index contributed by atoms with van der Waals surface area (Å²) in [6, 6.07) is 0. The van der Waals surface area contributed by atoms with Crippen LogP contribution in [0, 0.1) is 12.3 Å². The minimum Gasteiger partial charge on any atom is -0.387 e. The molecule has 8 atom stereocenters. The van der Waals surface area contributed by atoms with Crippen molar-refractivity contribution in [2.75, 3.05) is 41.5 Å². The van der Waals surface area contributed by atoms with Gasteiger partial charge in [0.15, 0.2) is 30.5 Å². The lowest BCUT2D eigenvalue weighted by molar-refractivity contribution is -0.349. The number of hydrogen-bond acceptors (Lipinski definition) is 19. The molecule has 0 bridgehead atoms. The molecule has 2 fully saturated rings. The number of aromatic nitrogens is 2. The second-order valence-electron chi connectivity index (χ2n) is 9.64. The van der Waals surface area contributed by atoms with E-state index in [1.807, 2.05) is 5.64 Å². The number of ether oxygens (including phenoxy) is 4. The second kappa shape index (κ2) is 18.0. The SMILES string of the molecule is CN/C(N)=N\C(NC1OC(CONONONOCC2OC(n3cnc(C(=N)N)c3C)C(OC)C2O)C(O)C1OC)=C(/C=O)NC. The number of aliphatic hydroxyl groups is 2. The number of aldehydes is 1. The molecule has 260 valence electrons. The third-order valence-corrected chi connectivity index (χ3v) is 6.95. The van der Waals surface area contributed by atoms with Crippen molar-refractivity contribution >= 4 is 18.1 Å². The standard InChI is InChI=1S/C23H42N12O11/c1-10-14(19(24)25)29-9-35(10)22-18(40-5)16(38)13(44-22)8-42-33-46-34-45-32-41-7-12-15(37)17(39-4)21(43-12)30-20(11(6-36)27-2)31-23(26)28-3/h6,9,12-13,15-18,21-22,27,30,32-34,37-38H,7-8H2,1-5H3,(H3,24,25)(H3,26,28,31)/b20-11+. The molecule has 3 rings (SSSR count). The maximum Gasteiger partial charge on any atom is 0.195 e. The summed E-state index contributed by atoms with van der Waals surface area (Å²) in [7, 11) is 5.87. The van der Waals surface area contributed by atoms with E-state index < -0.39 is 49.1 Å². The predicted molar refractivity (Wildman–Crippen MR) is 154 cm³/mol. The van der Waals surface area contributed by atoms with Crippen LogP contribution < -0.4 is 44.3 Å². The lowest BCUT2D eigenvalue weighted by Gasteiger charge is -2.21. The smallest absolute Gasteiger partial charge is 0.195 e. The summed E-state index contributed by atoms with van der Waals surface area (Å²) in [4.78, 5) is 39.4. The van der Waals surface area contributed by atoms with Crippen molar-refractivity contribution in [2.45, 2.75) is 56.0 Å². The van der Waals surface area contributed by atoms with Gasteiger partial charge in [-0.1, -0.05) is 11.3 Å². The number of methoxy groups -OCH3 is 2. The van der Waals surface area contributed by atoms with Crippen LogP contribution in [0.3, 0.4) is 0 Å². The van der Waals surface area contributed by atoms with E-state index in [4.69, 9.17) is 55.4 Å². The number of hydrogen-bond donors (Lipinski definition) is 11. The molecule has 2 saturated heterocycles. The van der Waals surface area contributed by atoms with E-state index >= 15 is 0 Å². The van der Waals surface area contributed by atoms with Crippen LogP contribution in [-0.4, -0.2) is 122 Å². The van der Waals surface area contributed by atoms with E-state index in [1.54, 1.807) is 18.5 Å². The van der Waals surface area contributed by atoms with Crippen molar-refractivity contribution in [3.05, 3.63) is 29.2 Å². The Morgan fingerprint density at radius 3 is 2.17 bits per heavy atom. The van der Waals surface area contributed by atoms with E-state index in [0.717, 1.165) is 0 Å². The quantitative estimate of drug-likeness (QED) is 0.0165. The Balaban J connectivity index is 1.37. The van der Waals surface area contributed by atoms with E-state index in [2.05, 4.69) is 37.2 Å². The number of likely N-dealkylation sites (N-methyl/N-ethyl adjacent to an activating group) is 1. The average Bonchev–Trinajstić information content (AvgIpc) is 3.67. The number of carbonyl (C=O) groups excluding carboxylic acids is 1. The van der Waals surface area contributed by atoms with Crippen molar-refractivity contribution in [3.63, 3.8) is 0 Å². The summed E-state index contributed by atoms with van der Waals surface area (Å²) in [5.41, 5.74) is 18.4. The van der Waals surface area contributed by atoms with Gasteiger partial charge in [0, 0.05) is 34.0 Å². The maximum absolute atomic E-state index is 11.5. The first-order valence-corrected chi connectivity index (χ1v) is 13.7. The van der Waals surface area contributed by atoms with E-state index in [0.29, 0.717) is 17.7 Å². The summed E-state index contributed by atoms with van der Waals surface area (Å²) in [6.45, 7) is 1.32. The molecule has 1 aromatic heterocycles. The fourth-order valence-electron chi connectivity index (χ4n) is 4.59. The van der Waals surface area contributed by atoms with Crippen molar-refractivity contribution in [2.24, 2.45) is 16.5 Å². The number of allylic oxidation sites excluding steroid dienone is 1. The molecule has 0 amide bonds. The monoisotopic (exact) mass is 662 g/mol. The Labute approximate surface area is 263 Å². The van der Waals surface area contributed by atoms with Crippen LogP contribution in [-0.2, 0) is 43.3 Å². The second-order valence-corrected chi connectivity index (χ2v) is 9.64. The summed E-state index contributed by atoms with van der Waals surface area (Å²) in [5.74, 6) is -0.134. The molecule has 2 aliphatic rings. The van der Waals surface area contributed by atoms with Gasteiger partial charge in [-0.25, -0.2) is 4.98 Å². The minimum atomic E-state index is -1.15. The fourth-order valence-corrected chi connectivity index (χ4v) is 4.59. The molecule has 0 spiro atoms. The zero-order chi connectivity index (χ0) is 33.8. The van der Waals surface area contributed by atoms with Gasteiger partial charge in [0.1, 0.15) is 53.9 Å². The van der Waals surface area contributed by atoms with Crippen molar-refractivity contribution in [1.82, 2.24) is 42.4 Å². The Bertz CT molecular complexity index is 1200. The van der Waals surface area contributed by atoms with Crippen LogP contribution in [0.5, 0.6) is 0 Å². The van der Waals surface area contributed by atoms with Gasteiger partial charge >= 0.3 is 0 Å². The number of aliphatic hydroxyl groups excluding tert-OH is 2.